The van der Waals surface area contributed by atoms with Crippen molar-refractivity contribution in [1.82, 2.24) is 0 Å². The minimum absolute atomic E-state index is 0.0228. The van der Waals surface area contributed by atoms with Crippen molar-refractivity contribution in [3.63, 3.8) is 0 Å². The number of sulfone groups is 2. The van der Waals surface area contributed by atoms with Crippen LogP contribution < -0.4 is 0 Å². The lowest BCUT2D eigenvalue weighted by Crippen LogP contribution is -2.44. The van der Waals surface area contributed by atoms with E-state index in [2.05, 4.69) is 0 Å². The van der Waals surface area contributed by atoms with Gasteiger partial charge in [-0.25, -0.2) is 16.8 Å². The van der Waals surface area contributed by atoms with Gasteiger partial charge in [-0.2, -0.15) is 0 Å². The average Bonchev–Trinajstić information content (AvgIpc) is 3.10. The molecule has 3 rings (SSSR count). The van der Waals surface area contributed by atoms with E-state index in [-0.39, 0.29) is 22.6 Å². The Hall–Kier alpha value is -2.18. The summed E-state index contributed by atoms with van der Waals surface area (Å²) < 4.78 is 52.0. The topological polar surface area (TPSA) is 68.3 Å². The van der Waals surface area contributed by atoms with Gasteiger partial charge in [0.2, 0.25) is 0 Å². The Labute approximate surface area is 154 Å². The van der Waals surface area contributed by atoms with Crippen LogP contribution in [0.1, 0.15) is 19.8 Å². The van der Waals surface area contributed by atoms with Crippen LogP contribution in [0.3, 0.4) is 0 Å². The lowest BCUT2D eigenvalue weighted by molar-refractivity contribution is 0.542. The Morgan fingerprint density at radius 2 is 1.27 bits per heavy atom. The molecule has 0 heterocycles. The summed E-state index contributed by atoms with van der Waals surface area (Å²) in [5, 5.41) is 0. The smallest absolute Gasteiger partial charge is 0.199 e. The summed E-state index contributed by atoms with van der Waals surface area (Å²) >= 11 is 0. The molecule has 2 aromatic rings. The summed E-state index contributed by atoms with van der Waals surface area (Å²) in [5.41, 5.74) is 0.714. The molecule has 0 amide bonds. The molecule has 26 heavy (non-hydrogen) atoms. The Balaban J connectivity index is 2.24. The number of benzene rings is 2. The van der Waals surface area contributed by atoms with E-state index in [0.29, 0.717) is 5.57 Å². The van der Waals surface area contributed by atoms with Crippen LogP contribution >= 0.6 is 0 Å². The minimum Gasteiger partial charge on any atom is -0.222 e. The molecular weight excluding hydrogens is 368 g/mol. The molecule has 2 aromatic carbocycles. The lowest BCUT2D eigenvalue weighted by Gasteiger charge is -2.29. The van der Waals surface area contributed by atoms with Gasteiger partial charge < -0.3 is 0 Å². The normalized spacial score (nSPS) is 17.3. The SMILES string of the molecule is C/C=C/C1=CCC(S(=O)(=O)c2ccccc2)(S(=O)(=O)c2ccccc2)C1. The fourth-order valence-electron chi connectivity index (χ4n) is 3.27. The Bertz CT molecular complexity index is 980. The van der Waals surface area contributed by atoms with Crippen molar-refractivity contribution in [3.05, 3.63) is 84.5 Å². The summed E-state index contributed by atoms with van der Waals surface area (Å²) in [5.74, 6) is 0. The van der Waals surface area contributed by atoms with Gasteiger partial charge in [-0.1, -0.05) is 54.6 Å². The van der Waals surface area contributed by atoms with Crippen LogP contribution in [0.4, 0.5) is 0 Å². The first-order valence-electron chi connectivity index (χ1n) is 8.26. The van der Waals surface area contributed by atoms with Gasteiger partial charge in [0.05, 0.1) is 9.79 Å². The fourth-order valence-corrected chi connectivity index (χ4v) is 8.21. The first-order valence-corrected chi connectivity index (χ1v) is 11.2. The van der Waals surface area contributed by atoms with E-state index in [0.717, 1.165) is 0 Å². The van der Waals surface area contributed by atoms with Crippen molar-refractivity contribution < 1.29 is 16.8 Å². The molecule has 0 atom stereocenters. The minimum atomic E-state index is -4.13. The molecule has 0 radical (unpaired) electrons. The zero-order chi connectivity index (χ0) is 18.8. The van der Waals surface area contributed by atoms with Crippen LogP contribution in [-0.2, 0) is 19.7 Å². The summed E-state index contributed by atoms with van der Waals surface area (Å²) in [7, 11) is -8.26. The maximum Gasteiger partial charge on any atom is 0.199 e. The van der Waals surface area contributed by atoms with Gasteiger partial charge in [-0.05, 0) is 36.8 Å². The molecule has 0 fully saturated rings. The summed E-state index contributed by atoms with van der Waals surface area (Å²) in [4.78, 5) is 0.0456. The van der Waals surface area contributed by atoms with E-state index in [9.17, 15) is 16.8 Å². The first kappa shape index (κ1) is 18.6. The van der Waals surface area contributed by atoms with Gasteiger partial charge in [0.1, 0.15) is 0 Å². The average molecular weight is 389 g/mol. The first-order chi connectivity index (χ1) is 12.3. The molecule has 0 bridgehead atoms. The third-order valence-electron chi connectivity index (χ3n) is 4.62. The Morgan fingerprint density at radius 3 is 1.69 bits per heavy atom. The predicted octanol–water partition coefficient (Wildman–Crippen LogP) is 3.93. The zero-order valence-corrected chi connectivity index (χ0v) is 16.0. The molecule has 4 nitrogen and oxygen atoms in total. The molecular formula is C20H20O4S2. The van der Waals surface area contributed by atoms with Crippen molar-refractivity contribution in [3.8, 4) is 0 Å². The van der Waals surface area contributed by atoms with Gasteiger partial charge in [-0.15, -0.1) is 0 Å². The molecule has 0 saturated heterocycles. The monoisotopic (exact) mass is 388 g/mol. The molecule has 136 valence electrons. The lowest BCUT2D eigenvalue weighted by atomic mass is 10.2. The molecule has 6 heteroatoms. The van der Waals surface area contributed by atoms with Gasteiger partial charge in [0.15, 0.2) is 23.8 Å². The number of hydrogen-bond acceptors (Lipinski definition) is 4. The van der Waals surface area contributed by atoms with Crippen LogP contribution in [0.5, 0.6) is 0 Å². The van der Waals surface area contributed by atoms with E-state index >= 15 is 0 Å². The second kappa shape index (κ2) is 6.85. The maximum atomic E-state index is 13.5. The number of rotatable bonds is 5. The van der Waals surface area contributed by atoms with Crippen LogP contribution in [0.15, 0.2) is 94.3 Å². The van der Waals surface area contributed by atoms with Crippen molar-refractivity contribution in [2.24, 2.45) is 0 Å². The van der Waals surface area contributed by atoms with Crippen LogP contribution in [-0.4, -0.2) is 20.9 Å². The maximum absolute atomic E-state index is 13.5. The third-order valence-corrected chi connectivity index (χ3v) is 10.3. The molecule has 0 aromatic heterocycles. The summed E-state index contributed by atoms with van der Waals surface area (Å²) in [6.45, 7) is 1.82. The van der Waals surface area contributed by atoms with Gasteiger partial charge >= 0.3 is 0 Å². The summed E-state index contributed by atoms with van der Waals surface area (Å²) in [6.07, 6.45) is 5.13. The highest BCUT2D eigenvalue weighted by atomic mass is 32.3. The van der Waals surface area contributed by atoms with Crippen molar-refractivity contribution in [1.29, 1.82) is 0 Å². The molecule has 0 N–H and O–H groups in total. The summed E-state index contributed by atoms with van der Waals surface area (Å²) in [6, 6.07) is 15.6. The van der Waals surface area contributed by atoms with Crippen LogP contribution in [0.2, 0.25) is 0 Å². The third kappa shape index (κ3) is 2.83. The predicted molar refractivity (Wildman–Crippen MR) is 102 cm³/mol. The molecule has 0 unspecified atom stereocenters. The molecule has 0 spiro atoms. The molecule has 1 aliphatic rings. The van der Waals surface area contributed by atoms with Crippen LogP contribution in [0, 0.1) is 0 Å². The largest absolute Gasteiger partial charge is 0.222 e. The van der Waals surface area contributed by atoms with E-state index in [4.69, 9.17) is 0 Å². The van der Waals surface area contributed by atoms with Crippen molar-refractivity contribution >= 4 is 19.7 Å². The highest BCUT2D eigenvalue weighted by Gasteiger charge is 2.57. The van der Waals surface area contributed by atoms with Crippen molar-refractivity contribution in [2.75, 3.05) is 0 Å². The Kier molecular flexibility index (Phi) is 4.90. The van der Waals surface area contributed by atoms with Crippen LogP contribution in [0.25, 0.3) is 0 Å². The van der Waals surface area contributed by atoms with E-state index in [1.165, 1.54) is 24.3 Å². The Morgan fingerprint density at radius 1 is 0.808 bits per heavy atom. The quantitative estimate of drug-likeness (QED) is 0.778. The molecule has 1 aliphatic carbocycles. The van der Waals surface area contributed by atoms with Gasteiger partial charge in [0, 0.05) is 12.8 Å². The van der Waals surface area contributed by atoms with E-state index in [1.807, 2.05) is 6.92 Å². The van der Waals surface area contributed by atoms with Gasteiger partial charge in [0.25, 0.3) is 0 Å². The highest BCUT2D eigenvalue weighted by Crippen LogP contribution is 2.47. The van der Waals surface area contributed by atoms with Gasteiger partial charge in [-0.3, -0.25) is 0 Å². The molecule has 0 aliphatic heterocycles. The highest BCUT2D eigenvalue weighted by molar-refractivity contribution is 8.10. The van der Waals surface area contributed by atoms with E-state index < -0.39 is 23.8 Å². The van der Waals surface area contributed by atoms with Crippen molar-refractivity contribution in [2.45, 2.75) is 33.6 Å². The van der Waals surface area contributed by atoms with E-state index in [1.54, 1.807) is 54.6 Å². The zero-order valence-electron chi connectivity index (χ0n) is 14.4. The number of allylic oxidation sites excluding steroid dienone is 4. The molecule has 0 saturated carbocycles. The second-order valence-corrected chi connectivity index (χ2v) is 11.0. The fraction of sp³-hybridized carbons (Fsp3) is 0.200. The standard InChI is InChI=1S/C20H20O4S2/c1-2-9-17-14-15-20(16-17,25(21,22)18-10-5-3-6-11-18)26(23,24)19-12-7-4-8-13-19/h2-14H,15-16H2,1H3/b9-2+. The second-order valence-electron chi connectivity index (χ2n) is 6.20. The number of hydrogen-bond donors (Lipinski definition) is 0.